The topological polar surface area (TPSA) is 25.2 Å². The van der Waals surface area contributed by atoms with E-state index in [9.17, 15) is 0 Å². The van der Waals surface area contributed by atoms with Crippen molar-refractivity contribution in [1.29, 1.82) is 0 Å². The number of aliphatic imine (C=N–C) groups is 1. The average molecular weight is 188 g/mol. The lowest BCUT2D eigenvalue weighted by atomic mass is 10.0. The van der Waals surface area contributed by atoms with Gasteiger partial charge in [0.2, 0.25) is 0 Å². The maximum Gasteiger partial charge on any atom is 0.0493 e. The first kappa shape index (κ1) is 9.38. The van der Waals surface area contributed by atoms with Gasteiger partial charge in [0.1, 0.15) is 0 Å². The van der Waals surface area contributed by atoms with Crippen molar-refractivity contribution in [3.8, 4) is 0 Å². The van der Waals surface area contributed by atoms with Crippen LogP contribution in [0.5, 0.6) is 0 Å². The van der Waals surface area contributed by atoms with Gasteiger partial charge >= 0.3 is 0 Å². The van der Waals surface area contributed by atoms with Crippen LogP contribution in [0.15, 0.2) is 23.3 Å². The second-order valence-corrected chi connectivity index (χ2v) is 3.68. The molecule has 0 aliphatic carbocycles. The minimum absolute atomic E-state index is 0.996. The summed E-state index contributed by atoms with van der Waals surface area (Å²) < 4.78 is 0. The molecule has 0 N–H and O–H groups in total. The van der Waals surface area contributed by atoms with Crippen LogP contribution in [0.25, 0.3) is 0 Å². The van der Waals surface area contributed by atoms with E-state index < -0.39 is 0 Å². The lowest BCUT2D eigenvalue weighted by Gasteiger charge is -2.06. The Morgan fingerprint density at radius 1 is 1.43 bits per heavy atom. The van der Waals surface area contributed by atoms with Crippen LogP contribution >= 0.6 is 0 Å². The normalized spacial score (nSPS) is 15.6. The van der Waals surface area contributed by atoms with Gasteiger partial charge in [-0.25, -0.2) is 0 Å². The third-order valence-electron chi connectivity index (χ3n) is 2.56. The summed E-state index contributed by atoms with van der Waals surface area (Å²) in [6.07, 6.45) is 6.43. The van der Waals surface area contributed by atoms with Crippen LogP contribution in [-0.4, -0.2) is 17.2 Å². The van der Waals surface area contributed by atoms with E-state index in [4.69, 9.17) is 0 Å². The van der Waals surface area contributed by atoms with E-state index in [0.717, 1.165) is 25.8 Å². The lowest BCUT2D eigenvalue weighted by Crippen LogP contribution is -2.03. The highest BCUT2D eigenvalue weighted by Crippen LogP contribution is 2.16. The van der Waals surface area contributed by atoms with Crippen molar-refractivity contribution in [2.24, 2.45) is 4.99 Å². The zero-order valence-electron chi connectivity index (χ0n) is 8.66. The minimum Gasteiger partial charge on any atom is -0.289 e. The second-order valence-electron chi connectivity index (χ2n) is 3.68. The zero-order chi connectivity index (χ0) is 9.80. The fraction of sp³-hybridized carbons (Fsp3) is 0.500. The van der Waals surface area contributed by atoms with Crippen molar-refractivity contribution < 1.29 is 0 Å². The fourth-order valence-electron chi connectivity index (χ4n) is 1.90. The molecule has 1 aliphatic heterocycles. The van der Waals surface area contributed by atoms with Gasteiger partial charge in [0.25, 0.3) is 0 Å². The molecule has 2 rings (SSSR count). The monoisotopic (exact) mass is 188 g/mol. The Balaban J connectivity index is 2.31. The predicted octanol–water partition coefficient (Wildman–Crippen LogP) is 2.62. The van der Waals surface area contributed by atoms with Crippen molar-refractivity contribution >= 4 is 5.71 Å². The van der Waals surface area contributed by atoms with E-state index in [0.29, 0.717) is 0 Å². The largest absolute Gasteiger partial charge is 0.289 e. The lowest BCUT2D eigenvalue weighted by molar-refractivity contribution is 0.878. The molecule has 14 heavy (non-hydrogen) atoms. The Bertz CT molecular complexity index is 342. The number of hydrogen-bond acceptors (Lipinski definition) is 2. The standard InChI is InChI=1S/C12H16N2/c1-2-5-11-10(6-3-8-13-11)12-7-4-9-14-12/h3,6,8H,2,4-5,7,9H2,1H3. The van der Waals surface area contributed by atoms with Gasteiger partial charge < -0.3 is 0 Å². The Morgan fingerprint density at radius 3 is 3.07 bits per heavy atom. The van der Waals surface area contributed by atoms with Crippen molar-refractivity contribution in [1.82, 2.24) is 4.98 Å². The third-order valence-corrected chi connectivity index (χ3v) is 2.56. The van der Waals surface area contributed by atoms with E-state index in [1.807, 2.05) is 12.3 Å². The smallest absolute Gasteiger partial charge is 0.0493 e. The quantitative estimate of drug-likeness (QED) is 0.715. The van der Waals surface area contributed by atoms with Crippen molar-refractivity contribution in [2.75, 3.05) is 6.54 Å². The van der Waals surface area contributed by atoms with E-state index in [2.05, 4.69) is 23.0 Å². The average Bonchev–Trinajstić information content (AvgIpc) is 2.72. The maximum absolute atomic E-state index is 4.53. The summed E-state index contributed by atoms with van der Waals surface area (Å²) >= 11 is 0. The van der Waals surface area contributed by atoms with E-state index in [1.54, 1.807) is 0 Å². The van der Waals surface area contributed by atoms with Crippen molar-refractivity contribution in [2.45, 2.75) is 32.6 Å². The van der Waals surface area contributed by atoms with E-state index in [1.165, 1.54) is 23.4 Å². The molecule has 0 aromatic carbocycles. The van der Waals surface area contributed by atoms with Gasteiger partial charge in [0.15, 0.2) is 0 Å². The second kappa shape index (κ2) is 4.36. The molecule has 1 aliphatic rings. The van der Waals surface area contributed by atoms with Gasteiger partial charge in [-0.1, -0.05) is 13.3 Å². The summed E-state index contributed by atoms with van der Waals surface area (Å²) in [5.74, 6) is 0. The molecule has 0 spiro atoms. The highest BCUT2D eigenvalue weighted by Gasteiger charge is 2.12. The summed E-state index contributed by atoms with van der Waals surface area (Å²) in [6.45, 7) is 3.19. The van der Waals surface area contributed by atoms with Crippen LogP contribution in [-0.2, 0) is 6.42 Å². The number of pyridine rings is 1. The molecule has 0 saturated carbocycles. The molecule has 0 bridgehead atoms. The Labute approximate surface area is 85.1 Å². The summed E-state index contributed by atoms with van der Waals surface area (Å²) in [5.41, 5.74) is 3.77. The van der Waals surface area contributed by atoms with Gasteiger partial charge in [-0.05, 0) is 31.4 Å². The molecule has 1 aromatic rings. The molecule has 2 heteroatoms. The van der Waals surface area contributed by atoms with E-state index >= 15 is 0 Å². The molecule has 2 nitrogen and oxygen atoms in total. The fourth-order valence-corrected chi connectivity index (χ4v) is 1.90. The van der Waals surface area contributed by atoms with E-state index in [-0.39, 0.29) is 0 Å². The highest BCUT2D eigenvalue weighted by molar-refractivity contribution is 6.02. The first-order chi connectivity index (χ1) is 6.92. The van der Waals surface area contributed by atoms with Crippen LogP contribution in [0, 0.1) is 0 Å². The zero-order valence-corrected chi connectivity index (χ0v) is 8.66. The summed E-state index contributed by atoms with van der Waals surface area (Å²) in [5, 5.41) is 0. The third kappa shape index (κ3) is 1.84. The number of hydrogen-bond donors (Lipinski definition) is 0. The molecule has 0 unspecified atom stereocenters. The molecule has 0 saturated heterocycles. The molecule has 0 amide bonds. The van der Waals surface area contributed by atoms with Gasteiger partial charge in [0.05, 0.1) is 0 Å². The summed E-state index contributed by atoms with van der Waals surface area (Å²) in [4.78, 5) is 8.96. The maximum atomic E-state index is 4.53. The molecular weight excluding hydrogens is 172 g/mol. The Kier molecular flexibility index (Phi) is 2.92. The summed E-state index contributed by atoms with van der Waals surface area (Å²) in [6, 6.07) is 4.16. The molecular formula is C12H16N2. The number of aryl methyl sites for hydroxylation is 1. The highest BCUT2D eigenvalue weighted by atomic mass is 14.8. The van der Waals surface area contributed by atoms with Crippen LogP contribution in [0.3, 0.4) is 0 Å². The van der Waals surface area contributed by atoms with Gasteiger partial charge in [-0.3, -0.25) is 9.98 Å². The predicted molar refractivity (Wildman–Crippen MR) is 58.9 cm³/mol. The number of rotatable bonds is 3. The van der Waals surface area contributed by atoms with Crippen LogP contribution < -0.4 is 0 Å². The SMILES string of the molecule is CCCc1ncccc1C1=NCCC1. The van der Waals surface area contributed by atoms with Crippen LogP contribution in [0.4, 0.5) is 0 Å². The number of nitrogens with zero attached hydrogens (tertiary/aromatic N) is 2. The van der Waals surface area contributed by atoms with Gasteiger partial charge in [0, 0.05) is 29.7 Å². The van der Waals surface area contributed by atoms with Crippen LogP contribution in [0.1, 0.15) is 37.4 Å². The first-order valence-corrected chi connectivity index (χ1v) is 5.39. The molecule has 0 fully saturated rings. The van der Waals surface area contributed by atoms with Gasteiger partial charge in [-0.2, -0.15) is 0 Å². The summed E-state index contributed by atoms with van der Waals surface area (Å²) in [7, 11) is 0. The molecule has 1 aromatic heterocycles. The van der Waals surface area contributed by atoms with Crippen LogP contribution in [0.2, 0.25) is 0 Å². The first-order valence-electron chi connectivity index (χ1n) is 5.39. The van der Waals surface area contributed by atoms with Crippen molar-refractivity contribution in [3.05, 3.63) is 29.6 Å². The molecule has 0 atom stereocenters. The molecule has 2 heterocycles. The Hall–Kier alpha value is -1.18. The molecule has 0 radical (unpaired) electrons. The Morgan fingerprint density at radius 2 is 2.36 bits per heavy atom. The minimum atomic E-state index is 0.996. The van der Waals surface area contributed by atoms with Gasteiger partial charge in [-0.15, -0.1) is 0 Å². The van der Waals surface area contributed by atoms with Crippen molar-refractivity contribution in [3.63, 3.8) is 0 Å². The molecule has 74 valence electrons. The number of aromatic nitrogens is 1.